The van der Waals surface area contributed by atoms with Crippen LogP contribution in [0.5, 0.6) is 0 Å². The van der Waals surface area contributed by atoms with E-state index in [1.54, 1.807) is 6.07 Å². The highest BCUT2D eigenvalue weighted by atomic mass is 32.2. The number of benzene rings is 1. The Bertz CT molecular complexity index is 806. The van der Waals surface area contributed by atoms with Gasteiger partial charge in [0.1, 0.15) is 5.69 Å². The third kappa shape index (κ3) is 4.47. The molecule has 1 atom stereocenters. The van der Waals surface area contributed by atoms with Crippen molar-refractivity contribution in [3.05, 3.63) is 28.3 Å². The average molecular weight is 411 g/mol. The van der Waals surface area contributed by atoms with Crippen LogP contribution in [0.1, 0.15) is 33.1 Å². The number of nitro groups is 1. The first kappa shape index (κ1) is 21.0. The molecule has 2 heterocycles. The van der Waals surface area contributed by atoms with E-state index in [2.05, 4.69) is 11.8 Å². The Hall–Kier alpha value is -1.71. The second-order valence-electron chi connectivity index (χ2n) is 7.85. The fourth-order valence-corrected chi connectivity index (χ4v) is 5.74. The van der Waals surface area contributed by atoms with Crippen LogP contribution in [-0.4, -0.2) is 68.4 Å². The first-order chi connectivity index (χ1) is 13.3. The summed E-state index contributed by atoms with van der Waals surface area (Å²) in [7, 11) is -3.71. The largest absolute Gasteiger partial charge is 0.363 e. The summed E-state index contributed by atoms with van der Waals surface area (Å²) in [5.41, 5.74) is 0.377. The molecule has 0 bridgehead atoms. The van der Waals surface area contributed by atoms with Crippen molar-refractivity contribution in [2.45, 2.75) is 38.0 Å². The van der Waals surface area contributed by atoms with Gasteiger partial charge in [0, 0.05) is 45.3 Å². The van der Waals surface area contributed by atoms with E-state index in [9.17, 15) is 18.5 Å². The van der Waals surface area contributed by atoms with Gasteiger partial charge in [-0.3, -0.25) is 15.0 Å². The molecule has 3 rings (SSSR count). The van der Waals surface area contributed by atoms with Crippen LogP contribution in [0.3, 0.4) is 0 Å². The summed E-state index contributed by atoms with van der Waals surface area (Å²) in [6, 6.07) is 4.37. The highest BCUT2D eigenvalue weighted by molar-refractivity contribution is 7.89. The molecule has 156 valence electrons. The van der Waals surface area contributed by atoms with E-state index in [1.165, 1.54) is 16.4 Å². The predicted octanol–water partition coefficient (Wildman–Crippen LogP) is 2.55. The van der Waals surface area contributed by atoms with Gasteiger partial charge in [0.15, 0.2) is 0 Å². The molecule has 0 amide bonds. The molecular weight excluding hydrogens is 380 g/mol. The van der Waals surface area contributed by atoms with E-state index in [0.29, 0.717) is 37.8 Å². The van der Waals surface area contributed by atoms with Crippen LogP contribution in [0.4, 0.5) is 11.4 Å². The zero-order valence-corrected chi connectivity index (χ0v) is 17.5. The number of piperazine rings is 1. The number of anilines is 1. The maximum atomic E-state index is 13.0. The number of piperidine rings is 1. The van der Waals surface area contributed by atoms with Gasteiger partial charge in [-0.15, -0.1) is 0 Å². The minimum atomic E-state index is -3.71. The van der Waals surface area contributed by atoms with Crippen molar-refractivity contribution >= 4 is 21.4 Å². The maximum Gasteiger partial charge on any atom is 0.293 e. The van der Waals surface area contributed by atoms with Gasteiger partial charge in [-0.1, -0.05) is 13.8 Å². The smallest absolute Gasteiger partial charge is 0.293 e. The van der Waals surface area contributed by atoms with E-state index in [4.69, 9.17) is 0 Å². The molecule has 2 aliphatic heterocycles. The lowest BCUT2D eigenvalue weighted by Crippen LogP contribution is -2.46. The normalized spacial score (nSPS) is 22.4. The molecule has 2 saturated heterocycles. The third-order valence-corrected chi connectivity index (χ3v) is 7.52. The van der Waals surface area contributed by atoms with Crippen LogP contribution in [0.15, 0.2) is 23.1 Å². The van der Waals surface area contributed by atoms with Crippen molar-refractivity contribution in [3.63, 3.8) is 0 Å². The van der Waals surface area contributed by atoms with E-state index < -0.39 is 14.9 Å². The zero-order valence-electron chi connectivity index (χ0n) is 16.7. The van der Waals surface area contributed by atoms with E-state index in [1.807, 2.05) is 11.8 Å². The van der Waals surface area contributed by atoms with Crippen molar-refractivity contribution < 1.29 is 13.3 Å². The van der Waals surface area contributed by atoms with Crippen LogP contribution in [0.25, 0.3) is 0 Å². The molecule has 0 saturated carbocycles. The van der Waals surface area contributed by atoms with E-state index in [-0.39, 0.29) is 10.6 Å². The molecule has 9 heteroatoms. The molecule has 0 aliphatic carbocycles. The van der Waals surface area contributed by atoms with Gasteiger partial charge in [0.25, 0.3) is 5.69 Å². The van der Waals surface area contributed by atoms with Crippen LogP contribution in [0, 0.1) is 16.0 Å². The van der Waals surface area contributed by atoms with Gasteiger partial charge < -0.3 is 4.90 Å². The summed E-state index contributed by atoms with van der Waals surface area (Å²) >= 11 is 0. The lowest BCUT2D eigenvalue weighted by molar-refractivity contribution is -0.384. The lowest BCUT2D eigenvalue weighted by Gasteiger charge is -2.35. The maximum absolute atomic E-state index is 13.0. The Morgan fingerprint density at radius 2 is 1.89 bits per heavy atom. The summed E-state index contributed by atoms with van der Waals surface area (Å²) in [5, 5.41) is 11.7. The first-order valence-electron chi connectivity index (χ1n) is 10.1. The Kier molecular flexibility index (Phi) is 6.57. The summed E-state index contributed by atoms with van der Waals surface area (Å²) in [6.07, 6.45) is 2.92. The summed E-state index contributed by atoms with van der Waals surface area (Å²) in [4.78, 5) is 15.6. The summed E-state index contributed by atoms with van der Waals surface area (Å²) in [5.74, 6) is 0.303. The highest BCUT2D eigenvalue weighted by Gasteiger charge is 2.31. The SMILES string of the molecule is CCCN1CCN(c2ccc(S(=O)(=O)N3CCC[C@@H](C)C3)cc2[N+](=O)[O-])CC1. The first-order valence-corrected chi connectivity index (χ1v) is 11.5. The fourth-order valence-electron chi connectivity index (χ4n) is 4.12. The molecule has 0 spiro atoms. The number of hydrogen-bond acceptors (Lipinski definition) is 6. The summed E-state index contributed by atoms with van der Waals surface area (Å²) in [6.45, 7) is 9.27. The molecule has 28 heavy (non-hydrogen) atoms. The van der Waals surface area contributed by atoms with Crippen molar-refractivity contribution in [1.82, 2.24) is 9.21 Å². The molecule has 0 aromatic heterocycles. The number of sulfonamides is 1. The second kappa shape index (κ2) is 8.75. The Morgan fingerprint density at radius 1 is 1.18 bits per heavy atom. The topological polar surface area (TPSA) is 87.0 Å². The van der Waals surface area contributed by atoms with Crippen LogP contribution in [0.2, 0.25) is 0 Å². The van der Waals surface area contributed by atoms with Crippen LogP contribution < -0.4 is 4.90 Å². The van der Waals surface area contributed by atoms with Gasteiger partial charge in [0.2, 0.25) is 10.0 Å². The molecule has 2 fully saturated rings. The van der Waals surface area contributed by atoms with Gasteiger partial charge >= 0.3 is 0 Å². The molecule has 1 aromatic carbocycles. The number of nitro benzene ring substituents is 1. The third-order valence-electron chi connectivity index (χ3n) is 5.65. The molecule has 1 aromatic rings. The number of rotatable bonds is 6. The van der Waals surface area contributed by atoms with Crippen LogP contribution in [-0.2, 0) is 10.0 Å². The minimum absolute atomic E-state index is 0.0154. The Balaban J connectivity index is 1.84. The van der Waals surface area contributed by atoms with Crippen molar-refractivity contribution in [3.8, 4) is 0 Å². The lowest BCUT2D eigenvalue weighted by atomic mass is 10.0. The van der Waals surface area contributed by atoms with Gasteiger partial charge in [-0.2, -0.15) is 4.31 Å². The number of hydrogen-bond donors (Lipinski definition) is 0. The monoisotopic (exact) mass is 410 g/mol. The highest BCUT2D eigenvalue weighted by Crippen LogP contribution is 2.33. The Morgan fingerprint density at radius 3 is 2.50 bits per heavy atom. The quantitative estimate of drug-likeness (QED) is 0.529. The van der Waals surface area contributed by atoms with Gasteiger partial charge in [-0.25, -0.2) is 8.42 Å². The summed E-state index contributed by atoms with van der Waals surface area (Å²) < 4.78 is 27.4. The number of nitrogens with zero attached hydrogens (tertiary/aromatic N) is 4. The fraction of sp³-hybridized carbons (Fsp3) is 0.684. The van der Waals surface area contributed by atoms with Crippen molar-refractivity contribution in [2.75, 3.05) is 50.7 Å². The molecule has 8 nitrogen and oxygen atoms in total. The second-order valence-corrected chi connectivity index (χ2v) is 9.78. The van der Waals surface area contributed by atoms with Crippen molar-refractivity contribution in [1.29, 1.82) is 0 Å². The zero-order chi connectivity index (χ0) is 20.3. The van der Waals surface area contributed by atoms with Crippen LogP contribution >= 0.6 is 0 Å². The standard InChI is InChI=1S/C19H30N4O4S/c1-3-8-20-10-12-21(13-11-20)18-7-6-17(14-19(18)23(24)25)28(26,27)22-9-4-5-16(2)15-22/h6-7,14,16H,3-5,8-13,15H2,1-2H3/t16-/m1/s1. The molecule has 2 aliphatic rings. The van der Waals surface area contributed by atoms with Gasteiger partial charge in [0.05, 0.1) is 9.82 Å². The molecular formula is C19H30N4O4S. The molecule has 0 N–H and O–H groups in total. The molecule has 0 radical (unpaired) electrons. The van der Waals surface area contributed by atoms with Crippen molar-refractivity contribution in [2.24, 2.45) is 5.92 Å². The molecule has 0 unspecified atom stereocenters. The average Bonchev–Trinajstić information content (AvgIpc) is 2.68. The van der Waals surface area contributed by atoms with E-state index in [0.717, 1.165) is 38.9 Å². The predicted molar refractivity (Wildman–Crippen MR) is 109 cm³/mol. The Labute approximate surface area is 167 Å². The van der Waals surface area contributed by atoms with Gasteiger partial charge in [-0.05, 0) is 43.9 Å². The minimum Gasteiger partial charge on any atom is -0.363 e. The van der Waals surface area contributed by atoms with E-state index >= 15 is 0 Å².